The summed E-state index contributed by atoms with van der Waals surface area (Å²) in [6.07, 6.45) is 11.1. The molecule has 0 aliphatic heterocycles. The number of benzene rings is 6. The van der Waals surface area contributed by atoms with Crippen molar-refractivity contribution in [3.8, 4) is 0 Å². The molecule has 2 N–H and O–H groups in total. The van der Waals surface area contributed by atoms with Crippen LogP contribution in [-0.4, -0.2) is 43.1 Å². The third-order valence-electron chi connectivity index (χ3n) is 7.27. The summed E-state index contributed by atoms with van der Waals surface area (Å²) in [5.74, 6) is 0.324. The van der Waals surface area contributed by atoms with E-state index in [1.807, 2.05) is 152 Å². The molecular weight excluding hydrogens is 1360 g/mol. The standard InChI is InChI=1S/C16H13IO.C10H7IO.C9H7ClO.C6H5Cl.C6H6IN.CH2O3.Al.B.3ClH.2K.H/c17-15-8-4-7-14(11-15)12-16(18)10-9-13-5-2-1-3-6-13;11-9-3-1-7-2-4-10(12)6-8(7)5-9;10-9(11)7-6-8-4-2-1-3-5-8;7-6-4-2-1-3-5-6;7-5-2-1-3-6(8)4-5;2-1-4-3;;;;;;;;/h1-11H,12H2;1-5H,6H2;1-7H;1-5H;1-4H,8H2;1,3H;;;3*1H;;;/q;;;;;;+3;;;;;2*+1;-1/p-4/b10-9+;;7-6+;;;;;;;;;;;. The maximum atomic E-state index is 11.8. The molecule has 0 aromatic heterocycles. The predicted octanol–water partition coefficient (Wildman–Crippen LogP) is 7.09. The summed E-state index contributed by atoms with van der Waals surface area (Å²) in [4.78, 5) is 44.4. The molecule has 0 fully saturated rings. The zero-order valence-corrected chi connectivity index (χ0v) is 53.8. The number of nitrogen functional groups attached to an aromatic ring is 1. The first-order valence-corrected chi connectivity index (χ1v) is 27.6. The number of carbonyl (C=O) groups excluding carboxylic acids is 4. The van der Waals surface area contributed by atoms with E-state index >= 15 is 0 Å². The van der Waals surface area contributed by atoms with Gasteiger partial charge in [-0.15, -0.1) is 0 Å². The van der Waals surface area contributed by atoms with Gasteiger partial charge < -0.3 is 17.3 Å². The zero-order chi connectivity index (χ0) is 47.5. The van der Waals surface area contributed by atoms with Gasteiger partial charge in [-0.05, 0) is 180 Å². The van der Waals surface area contributed by atoms with E-state index in [-0.39, 0.29) is 131 Å². The van der Waals surface area contributed by atoms with Crippen molar-refractivity contribution in [1.29, 1.82) is 0 Å². The second-order valence-corrected chi connectivity index (χ2v) is 23.2. The quantitative estimate of drug-likeness (QED) is 0.0265. The Morgan fingerprint density at radius 2 is 1.15 bits per heavy atom. The molecule has 337 valence electrons. The van der Waals surface area contributed by atoms with Gasteiger partial charge in [0.25, 0.3) is 6.47 Å². The molecule has 0 amide bonds. The average Bonchev–Trinajstić information content (AvgIpc) is 3.26. The minimum absolute atomic E-state index is 0. The van der Waals surface area contributed by atoms with E-state index in [1.165, 1.54) is 18.8 Å². The van der Waals surface area contributed by atoms with Crippen LogP contribution in [0.4, 0.5) is 5.69 Å². The van der Waals surface area contributed by atoms with Gasteiger partial charge in [0.15, 0.2) is 11.6 Å². The fourth-order valence-corrected chi connectivity index (χ4v) is 6.57. The Bertz CT molecular complexity index is 2390. The molecular formula is C48H40AlBCl5I3K2NO6. The third kappa shape index (κ3) is 41.5. The number of hydrogen-bond acceptors (Lipinski definition) is 7. The number of rotatable bonds is 7. The van der Waals surface area contributed by atoms with Crippen LogP contribution in [0.3, 0.4) is 0 Å². The van der Waals surface area contributed by atoms with Crippen molar-refractivity contribution in [2.45, 2.75) is 12.8 Å². The Kier molecular flexibility index (Phi) is 49.2. The SMILES string of the molecule is Clc1ccccc1.Nc1cccc(I)c1.O=C(/C=C/c1ccccc1)Cc1cccc(I)c1.O=C(Cl)/C=C/c1ccccc1.O=C1C=Cc2ccc(I)cc2C1.O=CO[O-].[B].[Cl][Al]([Cl])[Cl].[H-].[K+].[K+]. The van der Waals surface area contributed by atoms with E-state index in [0.717, 1.165) is 36.5 Å². The van der Waals surface area contributed by atoms with Crippen LogP contribution < -0.4 is 114 Å². The molecule has 0 bridgehead atoms. The van der Waals surface area contributed by atoms with Crippen molar-refractivity contribution in [2.24, 2.45) is 0 Å². The van der Waals surface area contributed by atoms with Crippen LogP contribution in [0.15, 0.2) is 176 Å². The molecule has 6 aromatic rings. The van der Waals surface area contributed by atoms with E-state index < -0.39 is 16.6 Å². The molecule has 0 atom stereocenters. The van der Waals surface area contributed by atoms with Crippen molar-refractivity contribution >= 4 is 188 Å². The fraction of sp³-hybridized carbons (Fsp3) is 0.0417. The number of carbonyl (C=O) groups is 4. The third-order valence-corrected chi connectivity index (χ3v) is 9.67. The molecule has 0 spiro atoms. The number of hydrogen-bond donors (Lipinski definition) is 1. The second kappa shape index (κ2) is 46.1. The van der Waals surface area contributed by atoms with E-state index in [9.17, 15) is 14.4 Å². The fourth-order valence-electron chi connectivity index (χ4n) is 4.63. The first-order valence-electron chi connectivity index (χ1n) is 18.4. The number of allylic oxidation sites excluding steroid dienone is 3. The van der Waals surface area contributed by atoms with Gasteiger partial charge in [-0.25, -0.2) is 30.1 Å². The van der Waals surface area contributed by atoms with Crippen LogP contribution in [0, 0.1) is 10.7 Å². The van der Waals surface area contributed by atoms with E-state index in [1.54, 1.807) is 18.2 Å². The molecule has 7 nitrogen and oxygen atoms in total. The molecule has 3 radical (unpaired) electrons. The van der Waals surface area contributed by atoms with Crippen LogP contribution in [0.5, 0.6) is 0 Å². The van der Waals surface area contributed by atoms with Crippen molar-refractivity contribution in [2.75, 3.05) is 5.73 Å². The zero-order valence-electron chi connectivity index (χ0n) is 37.2. The average molecular weight is 1400 g/mol. The number of fused-ring (bicyclic) bond motifs is 1. The predicted molar refractivity (Wildman–Crippen MR) is 299 cm³/mol. The first kappa shape index (κ1) is 71.5. The van der Waals surface area contributed by atoms with E-state index in [0.29, 0.717) is 12.8 Å². The topological polar surface area (TPSA) is 127 Å². The monoisotopic (exact) mass is 1400 g/mol. The maximum absolute atomic E-state index is 11.8. The molecule has 1 aliphatic rings. The van der Waals surface area contributed by atoms with Gasteiger partial charge in [-0.1, -0.05) is 133 Å². The van der Waals surface area contributed by atoms with Crippen LogP contribution in [0.1, 0.15) is 29.2 Å². The van der Waals surface area contributed by atoms with E-state index in [4.69, 9.17) is 69.1 Å². The van der Waals surface area contributed by atoms with Crippen LogP contribution in [0.25, 0.3) is 18.2 Å². The van der Waals surface area contributed by atoms with Crippen molar-refractivity contribution < 1.29 is 134 Å². The summed E-state index contributed by atoms with van der Waals surface area (Å²) in [7, 11) is 14.8. The normalized spacial score (nSPS) is 9.90. The summed E-state index contributed by atoms with van der Waals surface area (Å²) in [5.41, 5.74) is 11.7. The minimum Gasteiger partial charge on any atom is -1.00 e. The molecule has 0 heterocycles. The van der Waals surface area contributed by atoms with Crippen LogP contribution in [0.2, 0.25) is 5.02 Å². The first-order chi connectivity index (χ1) is 30.6. The number of ketones is 2. The smallest absolute Gasteiger partial charge is 1.00 e. The Labute approximate surface area is 549 Å². The number of halogens is 8. The largest absolute Gasteiger partial charge is 1.00 e. The summed E-state index contributed by atoms with van der Waals surface area (Å²) < 4.78 is 3.53. The molecule has 19 heteroatoms. The second-order valence-electron chi connectivity index (χ2n) is 12.2. The number of nitrogens with two attached hydrogens (primary N) is 1. The summed E-state index contributed by atoms with van der Waals surface area (Å²) in [6, 6.07) is 50.8. The van der Waals surface area contributed by atoms with Gasteiger partial charge in [0, 0.05) is 42.7 Å². The molecule has 0 saturated heterocycles. The molecule has 6 aromatic carbocycles. The van der Waals surface area contributed by atoms with Crippen LogP contribution in [-0.2, 0) is 36.9 Å². The summed E-state index contributed by atoms with van der Waals surface area (Å²) in [6.45, 7) is -0.181. The Morgan fingerprint density at radius 3 is 1.57 bits per heavy atom. The van der Waals surface area contributed by atoms with Gasteiger partial charge in [0.1, 0.15) is 0 Å². The molecule has 67 heavy (non-hydrogen) atoms. The van der Waals surface area contributed by atoms with Crippen molar-refractivity contribution in [3.05, 3.63) is 220 Å². The van der Waals surface area contributed by atoms with Crippen molar-refractivity contribution in [1.82, 2.24) is 0 Å². The van der Waals surface area contributed by atoms with Gasteiger partial charge in [0.2, 0.25) is 5.24 Å². The Balaban J connectivity index is -0.000000367. The minimum atomic E-state index is -1.72. The molecule has 7 rings (SSSR count). The van der Waals surface area contributed by atoms with E-state index in [2.05, 4.69) is 90.9 Å². The molecule has 0 unspecified atom stereocenters. The Morgan fingerprint density at radius 1 is 0.687 bits per heavy atom. The molecule has 1 aliphatic carbocycles. The van der Waals surface area contributed by atoms with Crippen molar-refractivity contribution in [3.63, 3.8) is 0 Å². The molecule has 0 saturated carbocycles. The summed E-state index contributed by atoms with van der Waals surface area (Å²) in [5, 5.41) is 8.77. The number of anilines is 1. The maximum Gasteiger partial charge on any atom is 1.00 e. The van der Waals surface area contributed by atoms with Gasteiger partial charge in [0.05, 0.1) is 0 Å². The van der Waals surface area contributed by atoms with Crippen LogP contribution >= 0.6 is 121 Å². The summed E-state index contributed by atoms with van der Waals surface area (Å²) >= 11 is 15.7. The van der Waals surface area contributed by atoms with Gasteiger partial charge >= 0.3 is 114 Å². The van der Waals surface area contributed by atoms with Gasteiger partial charge in [-0.3, -0.25) is 19.2 Å². The Hall–Kier alpha value is 0.290. The van der Waals surface area contributed by atoms with Gasteiger partial charge in [-0.2, -0.15) is 0 Å².